The van der Waals surface area contributed by atoms with Crippen LogP contribution in [-0.2, 0) is 23.7 Å². The molecule has 2 fully saturated rings. The van der Waals surface area contributed by atoms with Crippen molar-refractivity contribution in [2.75, 3.05) is 52.8 Å². The normalized spacial score (nSPS) is 19.0. The van der Waals surface area contributed by atoms with Gasteiger partial charge in [0.25, 0.3) is 0 Å². The van der Waals surface area contributed by atoms with Crippen LogP contribution in [-0.4, -0.2) is 81.0 Å². The number of benzene rings is 1. The van der Waals surface area contributed by atoms with E-state index in [-0.39, 0.29) is 54.9 Å². The zero-order valence-corrected chi connectivity index (χ0v) is 27.1. The van der Waals surface area contributed by atoms with E-state index < -0.39 is 41.4 Å². The number of carbonyl (C=O) groups is 1. The molecule has 0 unspecified atom stereocenters. The van der Waals surface area contributed by atoms with Crippen LogP contribution in [0.3, 0.4) is 0 Å². The third kappa shape index (κ3) is 8.55. The van der Waals surface area contributed by atoms with Gasteiger partial charge < -0.3 is 30.2 Å². The first-order valence-corrected chi connectivity index (χ1v) is 16.0. The Labute approximate surface area is 282 Å². The van der Waals surface area contributed by atoms with Gasteiger partial charge in [-0.25, -0.2) is 15.0 Å². The molecule has 0 bridgehead atoms. The molecule has 11 nitrogen and oxygen atoms in total. The standard InChI is InChI=1S/C31H35ClF6N8O3/c1-2-23-12-24(17-45(23)26-25(32)15-42-29(43-26)44-6-3-19(4-7-44)27(48)49)46(28-40-13-22(14-41-28)39-5-8-47)16-18-9-20(30(33,34)35)11-21(10-18)31(36,37)38/h9-11,13-15,19,23-24,39,47H,2-8,12,16-17H2,1H3,(H,48,49)/t23-,24+/m1/s1. The van der Waals surface area contributed by atoms with Gasteiger partial charge in [-0.15, -0.1) is 0 Å². The van der Waals surface area contributed by atoms with Crippen molar-refractivity contribution in [2.24, 2.45) is 5.92 Å². The summed E-state index contributed by atoms with van der Waals surface area (Å²) in [6.45, 7) is 2.73. The van der Waals surface area contributed by atoms with Crippen LogP contribution in [0.4, 0.5) is 49.7 Å². The van der Waals surface area contributed by atoms with Gasteiger partial charge in [0.1, 0.15) is 5.02 Å². The Balaban J connectivity index is 1.48. The van der Waals surface area contributed by atoms with Gasteiger partial charge in [0, 0.05) is 38.8 Å². The topological polar surface area (TPSA) is 131 Å². The number of carboxylic acids is 1. The first-order valence-electron chi connectivity index (χ1n) is 15.7. The molecule has 0 radical (unpaired) electrons. The lowest BCUT2D eigenvalue weighted by Gasteiger charge is -2.32. The molecule has 2 aliphatic rings. The summed E-state index contributed by atoms with van der Waals surface area (Å²) in [5.74, 6) is -0.447. The summed E-state index contributed by atoms with van der Waals surface area (Å²) in [5.41, 5.74) is -2.61. The van der Waals surface area contributed by atoms with E-state index in [9.17, 15) is 36.2 Å². The molecule has 3 aromatic rings. The molecule has 2 saturated heterocycles. The number of piperidine rings is 1. The van der Waals surface area contributed by atoms with Gasteiger partial charge in [-0.1, -0.05) is 18.5 Å². The van der Waals surface area contributed by atoms with Crippen molar-refractivity contribution in [3.63, 3.8) is 0 Å². The Morgan fingerprint density at radius 2 is 1.65 bits per heavy atom. The molecule has 4 heterocycles. The van der Waals surface area contributed by atoms with Gasteiger partial charge in [0.2, 0.25) is 11.9 Å². The van der Waals surface area contributed by atoms with Crippen LogP contribution in [0.1, 0.15) is 49.3 Å². The second-order valence-corrected chi connectivity index (χ2v) is 12.4. The van der Waals surface area contributed by atoms with Crippen molar-refractivity contribution in [3.8, 4) is 0 Å². The molecular weight excluding hydrogens is 682 g/mol. The number of hydrogen-bond acceptors (Lipinski definition) is 10. The fraction of sp³-hybridized carbons (Fsp3) is 0.516. The fourth-order valence-corrected chi connectivity index (χ4v) is 6.42. The maximum atomic E-state index is 13.7. The van der Waals surface area contributed by atoms with E-state index in [0.29, 0.717) is 68.4 Å². The number of nitrogens with one attached hydrogen (secondary N) is 1. The molecule has 49 heavy (non-hydrogen) atoms. The quantitative estimate of drug-likeness (QED) is 0.211. The Hall–Kier alpha value is -4.12. The third-order valence-electron chi connectivity index (χ3n) is 8.75. The number of anilines is 4. The van der Waals surface area contributed by atoms with E-state index >= 15 is 0 Å². The molecule has 2 aliphatic heterocycles. The van der Waals surface area contributed by atoms with Crippen LogP contribution in [0, 0.1) is 5.92 Å². The summed E-state index contributed by atoms with van der Waals surface area (Å²) in [6.07, 6.45) is -3.84. The van der Waals surface area contributed by atoms with E-state index in [1.807, 2.05) is 16.7 Å². The molecule has 5 rings (SSSR count). The Bertz CT molecular complexity index is 1570. The monoisotopic (exact) mass is 716 g/mol. The number of halogens is 7. The average molecular weight is 717 g/mol. The summed E-state index contributed by atoms with van der Waals surface area (Å²) in [7, 11) is 0. The van der Waals surface area contributed by atoms with Gasteiger partial charge in [0.05, 0.1) is 54.0 Å². The van der Waals surface area contributed by atoms with Crippen molar-refractivity contribution < 1.29 is 41.4 Å². The van der Waals surface area contributed by atoms with E-state index in [0.717, 1.165) is 0 Å². The highest BCUT2D eigenvalue weighted by Gasteiger charge is 2.40. The van der Waals surface area contributed by atoms with Crippen LogP contribution in [0.5, 0.6) is 0 Å². The van der Waals surface area contributed by atoms with Crippen LogP contribution < -0.4 is 20.0 Å². The molecule has 1 aromatic carbocycles. The van der Waals surface area contributed by atoms with E-state index in [1.54, 1.807) is 4.90 Å². The lowest BCUT2D eigenvalue weighted by Crippen LogP contribution is -2.39. The zero-order chi connectivity index (χ0) is 35.5. The molecule has 2 aromatic heterocycles. The second kappa shape index (κ2) is 14.8. The molecule has 0 saturated carbocycles. The summed E-state index contributed by atoms with van der Waals surface area (Å²) < 4.78 is 82.5. The predicted molar refractivity (Wildman–Crippen MR) is 170 cm³/mol. The lowest BCUT2D eigenvalue weighted by molar-refractivity contribution is -0.144. The lowest BCUT2D eigenvalue weighted by atomic mass is 9.97. The highest BCUT2D eigenvalue weighted by atomic mass is 35.5. The minimum absolute atomic E-state index is 0.0815. The first kappa shape index (κ1) is 36.2. The van der Waals surface area contributed by atoms with Gasteiger partial charge in [-0.3, -0.25) is 4.79 Å². The molecule has 0 aliphatic carbocycles. The van der Waals surface area contributed by atoms with E-state index in [4.69, 9.17) is 21.7 Å². The largest absolute Gasteiger partial charge is 0.481 e. The maximum absolute atomic E-state index is 13.7. The number of aliphatic hydroxyl groups is 1. The van der Waals surface area contributed by atoms with Crippen molar-refractivity contribution in [1.29, 1.82) is 0 Å². The SMILES string of the molecule is CC[C@@H]1C[C@H](N(Cc2cc(C(F)(F)F)cc(C(F)(F)F)c2)c2ncc(NCCO)cn2)CN1c1nc(N2CCC(C(=O)O)CC2)ncc1Cl. The minimum atomic E-state index is -5.01. The number of rotatable bonds is 11. The second-order valence-electron chi connectivity index (χ2n) is 12.0. The molecule has 266 valence electrons. The molecule has 0 amide bonds. The smallest absolute Gasteiger partial charge is 0.416 e. The number of alkyl halides is 6. The van der Waals surface area contributed by atoms with E-state index in [1.165, 1.54) is 18.6 Å². The van der Waals surface area contributed by atoms with Crippen LogP contribution >= 0.6 is 11.6 Å². The van der Waals surface area contributed by atoms with Gasteiger partial charge >= 0.3 is 18.3 Å². The van der Waals surface area contributed by atoms with E-state index in [2.05, 4.69) is 20.3 Å². The van der Waals surface area contributed by atoms with Crippen LogP contribution in [0.15, 0.2) is 36.8 Å². The maximum Gasteiger partial charge on any atom is 0.416 e. The first-order chi connectivity index (χ1) is 23.2. The number of aromatic nitrogens is 4. The van der Waals surface area contributed by atoms with Crippen LogP contribution in [0.25, 0.3) is 0 Å². The third-order valence-corrected chi connectivity index (χ3v) is 9.02. The Morgan fingerprint density at radius 1 is 1.02 bits per heavy atom. The zero-order valence-electron chi connectivity index (χ0n) is 26.3. The number of nitrogens with zero attached hydrogens (tertiary/aromatic N) is 7. The van der Waals surface area contributed by atoms with Crippen molar-refractivity contribution >= 4 is 41.0 Å². The summed E-state index contributed by atoms with van der Waals surface area (Å²) in [5, 5.41) is 21.6. The van der Waals surface area contributed by atoms with Crippen molar-refractivity contribution in [1.82, 2.24) is 19.9 Å². The van der Waals surface area contributed by atoms with Crippen LogP contribution in [0.2, 0.25) is 5.02 Å². The number of aliphatic carboxylic acids is 1. The Morgan fingerprint density at radius 3 is 2.20 bits per heavy atom. The number of hydrogen-bond donors (Lipinski definition) is 3. The number of aliphatic hydroxyl groups excluding tert-OH is 1. The number of carboxylic acid groups (broad SMARTS) is 1. The molecule has 18 heteroatoms. The highest BCUT2D eigenvalue weighted by Crippen LogP contribution is 2.39. The van der Waals surface area contributed by atoms with Crippen molar-refractivity contribution in [2.45, 2.75) is 63.6 Å². The summed E-state index contributed by atoms with van der Waals surface area (Å²) in [4.78, 5) is 34.7. The summed E-state index contributed by atoms with van der Waals surface area (Å²) in [6, 6.07) is 0.818. The molecule has 3 N–H and O–H groups in total. The Kier molecular flexibility index (Phi) is 10.9. The van der Waals surface area contributed by atoms with Gasteiger partial charge in [-0.05, 0) is 49.4 Å². The minimum Gasteiger partial charge on any atom is -0.481 e. The predicted octanol–water partition coefficient (Wildman–Crippen LogP) is 5.73. The van der Waals surface area contributed by atoms with Crippen molar-refractivity contribution in [3.05, 3.63) is 58.5 Å². The average Bonchev–Trinajstić information content (AvgIpc) is 3.50. The molecule has 0 spiro atoms. The molecular formula is C31H35ClF6N8O3. The fourth-order valence-electron chi connectivity index (χ4n) is 6.23. The van der Waals surface area contributed by atoms with Gasteiger partial charge in [0.15, 0.2) is 5.82 Å². The molecule has 2 atom stereocenters. The highest BCUT2D eigenvalue weighted by molar-refractivity contribution is 6.32. The van der Waals surface area contributed by atoms with Gasteiger partial charge in [-0.2, -0.15) is 31.3 Å². The summed E-state index contributed by atoms with van der Waals surface area (Å²) >= 11 is 6.62.